The maximum absolute atomic E-state index is 12.9. The van der Waals surface area contributed by atoms with E-state index in [1.165, 1.54) is 21.7 Å². The second kappa shape index (κ2) is 5.00. The average Bonchev–Trinajstić information content (AvgIpc) is 3.08. The normalized spacial score (nSPS) is 15.4. The van der Waals surface area contributed by atoms with E-state index in [1.54, 1.807) is 6.07 Å². The number of nitrogens with one attached hydrogen (secondary N) is 2. The van der Waals surface area contributed by atoms with Crippen molar-refractivity contribution < 1.29 is 8.42 Å². The van der Waals surface area contributed by atoms with Crippen LogP contribution >= 0.6 is 27.3 Å². The van der Waals surface area contributed by atoms with E-state index in [0.29, 0.717) is 22.1 Å². The van der Waals surface area contributed by atoms with E-state index in [1.807, 2.05) is 6.92 Å². The molecule has 2 N–H and O–H groups in total. The van der Waals surface area contributed by atoms with Crippen LogP contribution in [-0.2, 0) is 23.1 Å². The van der Waals surface area contributed by atoms with E-state index in [0.717, 1.165) is 15.6 Å². The second-order valence-corrected chi connectivity index (χ2v) is 9.33. The van der Waals surface area contributed by atoms with Gasteiger partial charge in [0.25, 0.3) is 0 Å². The fraction of sp³-hybridized carbons (Fsp3) is 0.231. The monoisotopic (exact) mass is 414 g/mol. The fourth-order valence-corrected chi connectivity index (χ4v) is 6.13. The highest BCUT2D eigenvalue weighted by Gasteiger charge is 2.34. The molecule has 0 aliphatic carbocycles. The number of halogens is 1. The number of H-pyrrole nitrogens is 2. The number of imidazole rings is 1. The van der Waals surface area contributed by atoms with Gasteiger partial charge in [0.1, 0.15) is 0 Å². The Hall–Kier alpha value is -1.49. The molecule has 0 spiro atoms. The van der Waals surface area contributed by atoms with Crippen LogP contribution in [0.1, 0.15) is 15.6 Å². The molecule has 4 rings (SSSR count). The predicted octanol–water partition coefficient (Wildman–Crippen LogP) is 2.09. The SMILES string of the molecule is Cc1nc2c(s1)CN(S(=O)(=O)c1cc3[nH]c(=O)[nH]c3cc1Br)C2. The number of hydrogen-bond donors (Lipinski definition) is 2. The Morgan fingerprint density at radius 2 is 1.96 bits per heavy atom. The molecule has 1 aromatic carbocycles. The third kappa shape index (κ3) is 2.36. The molecule has 0 bridgehead atoms. The first-order valence-corrected chi connectivity index (χ1v) is 9.76. The number of rotatable bonds is 2. The number of aromatic amines is 2. The van der Waals surface area contributed by atoms with Crippen molar-refractivity contribution in [3.05, 3.63) is 42.7 Å². The lowest BCUT2D eigenvalue weighted by atomic mass is 10.3. The maximum Gasteiger partial charge on any atom is 0.323 e. The molecule has 0 atom stereocenters. The zero-order chi connectivity index (χ0) is 16.4. The van der Waals surface area contributed by atoms with Gasteiger partial charge in [0.05, 0.1) is 39.7 Å². The van der Waals surface area contributed by atoms with Crippen LogP contribution in [0.15, 0.2) is 26.3 Å². The molecule has 1 aliphatic heterocycles. The lowest BCUT2D eigenvalue weighted by Crippen LogP contribution is -2.26. The molecule has 3 aromatic rings. The lowest BCUT2D eigenvalue weighted by molar-refractivity contribution is 0.430. The van der Waals surface area contributed by atoms with Gasteiger partial charge in [-0.05, 0) is 35.0 Å². The summed E-state index contributed by atoms with van der Waals surface area (Å²) in [6, 6.07) is 3.06. The van der Waals surface area contributed by atoms with Crippen LogP contribution in [0, 0.1) is 6.92 Å². The Bertz CT molecular complexity index is 1070. The molecule has 7 nitrogen and oxygen atoms in total. The van der Waals surface area contributed by atoms with Crippen LogP contribution < -0.4 is 5.69 Å². The van der Waals surface area contributed by atoms with Crippen molar-refractivity contribution in [2.24, 2.45) is 0 Å². The van der Waals surface area contributed by atoms with E-state index >= 15 is 0 Å². The second-order valence-electron chi connectivity index (χ2n) is 5.28. The van der Waals surface area contributed by atoms with Gasteiger partial charge in [0.2, 0.25) is 10.0 Å². The zero-order valence-electron chi connectivity index (χ0n) is 11.9. The molecule has 1 aliphatic rings. The molecule has 0 unspecified atom stereocenters. The minimum absolute atomic E-state index is 0.132. The minimum atomic E-state index is -3.68. The van der Waals surface area contributed by atoms with Crippen LogP contribution in [-0.4, -0.2) is 27.7 Å². The first-order valence-electron chi connectivity index (χ1n) is 6.71. The van der Waals surface area contributed by atoms with Gasteiger partial charge in [-0.15, -0.1) is 11.3 Å². The van der Waals surface area contributed by atoms with Crippen LogP contribution in [0.2, 0.25) is 0 Å². The van der Waals surface area contributed by atoms with Crippen molar-refractivity contribution in [3.63, 3.8) is 0 Å². The van der Waals surface area contributed by atoms with Gasteiger partial charge in [-0.3, -0.25) is 0 Å². The molecule has 10 heteroatoms. The predicted molar refractivity (Wildman–Crippen MR) is 89.9 cm³/mol. The largest absolute Gasteiger partial charge is 0.323 e. The molecule has 0 fully saturated rings. The number of sulfonamides is 1. The Labute approximate surface area is 143 Å². The number of aromatic nitrogens is 3. The van der Waals surface area contributed by atoms with Gasteiger partial charge in [-0.1, -0.05) is 0 Å². The summed E-state index contributed by atoms with van der Waals surface area (Å²) in [7, 11) is -3.68. The quantitative estimate of drug-likeness (QED) is 0.670. The number of aryl methyl sites for hydroxylation is 1. The first kappa shape index (κ1) is 15.1. The summed E-state index contributed by atoms with van der Waals surface area (Å²) in [6.45, 7) is 2.52. The molecular formula is C13H11BrN4O3S2. The molecule has 0 saturated heterocycles. The van der Waals surface area contributed by atoms with Crippen molar-refractivity contribution in [1.29, 1.82) is 0 Å². The highest BCUT2D eigenvalue weighted by atomic mass is 79.9. The van der Waals surface area contributed by atoms with Crippen molar-refractivity contribution in [2.75, 3.05) is 0 Å². The third-order valence-electron chi connectivity index (χ3n) is 3.72. The number of nitrogens with zero attached hydrogens (tertiary/aromatic N) is 2. The van der Waals surface area contributed by atoms with Crippen LogP contribution in [0.5, 0.6) is 0 Å². The topological polar surface area (TPSA) is 98.9 Å². The smallest absolute Gasteiger partial charge is 0.306 e. The van der Waals surface area contributed by atoms with Crippen molar-refractivity contribution in [3.8, 4) is 0 Å². The molecule has 0 saturated carbocycles. The number of fused-ring (bicyclic) bond motifs is 2. The van der Waals surface area contributed by atoms with Crippen molar-refractivity contribution in [1.82, 2.24) is 19.3 Å². The van der Waals surface area contributed by atoms with Crippen LogP contribution in [0.3, 0.4) is 0 Å². The highest BCUT2D eigenvalue weighted by Crippen LogP contribution is 2.35. The average molecular weight is 415 g/mol. The van der Waals surface area contributed by atoms with Gasteiger partial charge in [0, 0.05) is 9.35 Å². The Balaban J connectivity index is 1.78. The highest BCUT2D eigenvalue weighted by molar-refractivity contribution is 9.10. The first-order chi connectivity index (χ1) is 10.8. The summed E-state index contributed by atoms with van der Waals surface area (Å²) < 4.78 is 27.7. The summed E-state index contributed by atoms with van der Waals surface area (Å²) in [5.74, 6) is 0. The molecular weight excluding hydrogens is 404 g/mol. The zero-order valence-corrected chi connectivity index (χ0v) is 15.1. The van der Waals surface area contributed by atoms with Crippen molar-refractivity contribution in [2.45, 2.75) is 24.9 Å². The summed E-state index contributed by atoms with van der Waals surface area (Å²) in [4.78, 5) is 22.0. The van der Waals surface area contributed by atoms with E-state index in [2.05, 4.69) is 30.9 Å². The molecule has 23 heavy (non-hydrogen) atoms. The van der Waals surface area contributed by atoms with Gasteiger partial charge in [-0.25, -0.2) is 18.2 Å². The third-order valence-corrected chi connectivity index (χ3v) is 7.47. The van der Waals surface area contributed by atoms with Crippen LogP contribution in [0.25, 0.3) is 11.0 Å². The molecule has 3 heterocycles. The lowest BCUT2D eigenvalue weighted by Gasteiger charge is -2.16. The summed E-state index contributed by atoms with van der Waals surface area (Å²) in [6.07, 6.45) is 0. The summed E-state index contributed by atoms with van der Waals surface area (Å²) in [5.41, 5.74) is 1.46. The number of hydrogen-bond acceptors (Lipinski definition) is 5. The summed E-state index contributed by atoms with van der Waals surface area (Å²) in [5, 5.41) is 0.944. The molecule has 120 valence electrons. The fourth-order valence-electron chi connectivity index (χ4n) is 2.69. The Morgan fingerprint density at radius 1 is 1.26 bits per heavy atom. The van der Waals surface area contributed by atoms with Crippen LogP contribution in [0.4, 0.5) is 0 Å². The van der Waals surface area contributed by atoms with Gasteiger partial charge in [-0.2, -0.15) is 4.31 Å². The van der Waals surface area contributed by atoms with Gasteiger partial charge >= 0.3 is 5.69 Å². The molecule has 2 aromatic heterocycles. The maximum atomic E-state index is 12.9. The van der Waals surface area contributed by atoms with Crippen molar-refractivity contribution >= 4 is 48.3 Å². The Morgan fingerprint density at radius 3 is 2.65 bits per heavy atom. The van der Waals surface area contributed by atoms with E-state index in [-0.39, 0.29) is 17.1 Å². The molecule has 0 radical (unpaired) electrons. The number of thiazole rings is 1. The minimum Gasteiger partial charge on any atom is -0.306 e. The van der Waals surface area contributed by atoms with Gasteiger partial charge < -0.3 is 9.97 Å². The number of benzene rings is 1. The Kier molecular flexibility index (Phi) is 3.28. The summed E-state index contributed by atoms with van der Waals surface area (Å²) >= 11 is 4.81. The van der Waals surface area contributed by atoms with Gasteiger partial charge in [0.15, 0.2) is 0 Å². The standard InChI is InChI=1S/C13H11BrN4O3S2/c1-6-15-10-4-18(5-11(10)22-6)23(20,21)12-3-9-8(2-7(12)14)16-13(19)17-9/h2-3H,4-5H2,1H3,(H2,16,17,19). The van der Waals surface area contributed by atoms with E-state index in [4.69, 9.17) is 0 Å². The van der Waals surface area contributed by atoms with E-state index in [9.17, 15) is 13.2 Å². The van der Waals surface area contributed by atoms with E-state index < -0.39 is 10.0 Å². The molecule has 0 amide bonds.